The maximum Gasteiger partial charge on any atom is 0.261 e. The van der Waals surface area contributed by atoms with E-state index in [-0.39, 0.29) is 5.04 Å². The minimum atomic E-state index is -2.35. The van der Waals surface area contributed by atoms with Gasteiger partial charge in [-0.1, -0.05) is 113 Å². The molecule has 0 unspecified atom stereocenters. The maximum atomic E-state index is 6.86. The van der Waals surface area contributed by atoms with E-state index in [0.29, 0.717) is 3.74 Å². The Kier molecular flexibility index (Phi) is 7.93. The number of hydrogen-bond donors (Lipinski definition) is 0. The number of rotatable bonds is 8. The van der Waals surface area contributed by atoms with Crippen molar-refractivity contribution in [2.75, 3.05) is 6.61 Å². The van der Waals surface area contributed by atoms with Crippen LogP contribution in [-0.4, -0.2) is 18.7 Å². The Hall–Kier alpha value is -0.423. The van der Waals surface area contributed by atoms with E-state index >= 15 is 0 Å². The third-order valence-corrected chi connectivity index (χ3v) is 10.5. The van der Waals surface area contributed by atoms with E-state index in [1.54, 1.807) is 0 Å². The third-order valence-electron chi connectivity index (χ3n) is 4.55. The van der Waals surface area contributed by atoms with E-state index in [1.807, 2.05) is 0 Å². The summed E-state index contributed by atoms with van der Waals surface area (Å²) in [6.07, 6.45) is 3.35. The topological polar surface area (TPSA) is 9.23 Å². The van der Waals surface area contributed by atoms with Crippen LogP contribution in [0.5, 0.6) is 0 Å². The maximum absolute atomic E-state index is 6.86. The van der Waals surface area contributed by atoms with Crippen molar-refractivity contribution in [3.8, 4) is 0 Å². The lowest BCUT2D eigenvalue weighted by molar-refractivity contribution is 0.288. The number of alkyl halides is 2. The van der Waals surface area contributed by atoms with Crippen LogP contribution in [0.25, 0.3) is 0 Å². The largest absolute Gasteiger partial charge is 0.407 e. The quantitative estimate of drug-likeness (QED) is 0.260. The summed E-state index contributed by atoms with van der Waals surface area (Å²) in [6, 6.07) is 21.7. The van der Waals surface area contributed by atoms with Crippen LogP contribution >= 0.6 is 31.9 Å². The van der Waals surface area contributed by atoms with Crippen LogP contribution < -0.4 is 10.4 Å². The van der Waals surface area contributed by atoms with E-state index in [2.05, 4.69) is 113 Å². The summed E-state index contributed by atoms with van der Waals surface area (Å²) in [6.45, 7) is 7.78. The van der Waals surface area contributed by atoms with Gasteiger partial charge in [-0.15, -0.1) is 0 Å². The highest BCUT2D eigenvalue weighted by atomic mass is 79.9. The lowest BCUT2D eigenvalue weighted by Crippen LogP contribution is -2.66. The molecule has 0 saturated carbocycles. The van der Waals surface area contributed by atoms with Crippen molar-refractivity contribution in [3.05, 3.63) is 60.7 Å². The molecule has 0 fully saturated rings. The van der Waals surface area contributed by atoms with Crippen molar-refractivity contribution in [2.45, 2.75) is 48.8 Å². The number of benzene rings is 2. The fourth-order valence-electron chi connectivity index (χ4n) is 3.39. The average Bonchev–Trinajstić information content (AvgIpc) is 2.58. The van der Waals surface area contributed by atoms with E-state index in [1.165, 1.54) is 10.4 Å². The first-order valence-electron chi connectivity index (χ1n) is 8.91. The molecule has 1 nitrogen and oxygen atoms in total. The minimum Gasteiger partial charge on any atom is -0.407 e. The van der Waals surface area contributed by atoms with Crippen molar-refractivity contribution < 1.29 is 4.43 Å². The Balaban J connectivity index is 2.36. The molecule has 0 spiro atoms. The molecule has 0 aromatic heterocycles. The van der Waals surface area contributed by atoms with Crippen molar-refractivity contribution in [1.29, 1.82) is 0 Å². The van der Waals surface area contributed by atoms with Crippen LogP contribution in [0.2, 0.25) is 5.04 Å². The smallest absolute Gasteiger partial charge is 0.261 e. The summed E-state index contributed by atoms with van der Waals surface area (Å²) in [5, 5.41) is 2.77. The van der Waals surface area contributed by atoms with Crippen LogP contribution in [0.1, 0.15) is 40.0 Å². The molecule has 0 bridgehead atoms. The van der Waals surface area contributed by atoms with E-state index in [0.717, 1.165) is 25.9 Å². The zero-order valence-corrected chi connectivity index (χ0v) is 19.5. The first-order chi connectivity index (χ1) is 11.9. The second kappa shape index (κ2) is 9.49. The molecule has 0 aliphatic carbocycles. The Bertz CT molecular complexity index is 584. The molecular weight excluding hydrogens is 456 g/mol. The molecule has 0 N–H and O–H groups in total. The molecule has 136 valence electrons. The van der Waals surface area contributed by atoms with Crippen LogP contribution in [-0.2, 0) is 4.43 Å². The lowest BCUT2D eigenvalue weighted by Gasteiger charge is -2.43. The number of halogens is 2. The van der Waals surface area contributed by atoms with Gasteiger partial charge in [-0.05, 0) is 34.7 Å². The Morgan fingerprint density at radius 2 is 1.32 bits per heavy atom. The van der Waals surface area contributed by atoms with E-state index in [9.17, 15) is 0 Å². The summed E-state index contributed by atoms with van der Waals surface area (Å²) >= 11 is 7.11. The van der Waals surface area contributed by atoms with Gasteiger partial charge in [0, 0.05) is 6.61 Å². The van der Waals surface area contributed by atoms with Gasteiger partial charge in [0.1, 0.15) is 0 Å². The summed E-state index contributed by atoms with van der Waals surface area (Å²) in [4.78, 5) is 0. The van der Waals surface area contributed by atoms with Crippen molar-refractivity contribution in [1.82, 2.24) is 0 Å². The fourth-order valence-corrected chi connectivity index (χ4v) is 8.64. The summed E-state index contributed by atoms with van der Waals surface area (Å²) in [5.41, 5.74) is 0. The van der Waals surface area contributed by atoms with Crippen LogP contribution in [0.3, 0.4) is 0 Å². The second-order valence-corrected chi connectivity index (χ2v) is 15.1. The van der Waals surface area contributed by atoms with Gasteiger partial charge in [-0.3, -0.25) is 0 Å². The van der Waals surface area contributed by atoms with Gasteiger partial charge in [0.05, 0.1) is 3.74 Å². The van der Waals surface area contributed by atoms with Gasteiger partial charge < -0.3 is 4.43 Å². The van der Waals surface area contributed by atoms with Crippen molar-refractivity contribution in [2.24, 2.45) is 0 Å². The van der Waals surface area contributed by atoms with Crippen LogP contribution in [0.15, 0.2) is 60.7 Å². The fraction of sp³-hybridized carbons (Fsp3) is 0.429. The highest BCUT2D eigenvalue weighted by molar-refractivity contribution is 9.24. The first kappa shape index (κ1) is 20.9. The van der Waals surface area contributed by atoms with Gasteiger partial charge in [0.15, 0.2) is 0 Å². The highest BCUT2D eigenvalue weighted by Gasteiger charge is 2.49. The van der Waals surface area contributed by atoms with E-state index < -0.39 is 8.32 Å². The number of hydrogen-bond acceptors (Lipinski definition) is 1. The van der Waals surface area contributed by atoms with Gasteiger partial charge in [-0.25, -0.2) is 0 Å². The zero-order chi connectivity index (χ0) is 18.3. The molecule has 0 radical (unpaired) electrons. The molecule has 0 atom stereocenters. The predicted molar refractivity (Wildman–Crippen MR) is 119 cm³/mol. The van der Waals surface area contributed by atoms with Gasteiger partial charge in [0.25, 0.3) is 8.32 Å². The number of unbranched alkanes of at least 4 members (excludes halogenated alkanes) is 1. The summed E-state index contributed by atoms with van der Waals surface area (Å²) in [7, 11) is -2.35. The Labute approximate surface area is 170 Å². The molecule has 0 saturated heterocycles. The Morgan fingerprint density at radius 3 is 1.72 bits per heavy atom. The summed E-state index contributed by atoms with van der Waals surface area (Å²) in [5.74, 6) is 0. The molecule has 0 heterocycles. The first-order valence-corrected chi connectivity index (χ1v) is 12.6. The minimum absolute atomic E-state index is 0.0586. The summed E-state index contributed by atoms with van der Waals surface area (Å²) < 4.78 is 7.25. The van der Waals surface area contributed by atoms with Gasteiger partial charge in [-0.2, -0.15) is 0 Å². The molecule has 2 aromatic carbocycles. The van der Waals surface area contributed by atoms with Crippen molar-refractivity contribution in [3.63, 3.8) is 0 Å². The predicted octanol–water partition coefficient (Wildman–Crippen LogP) is 5.85. The Morgan fingerprint density at radius 1 is 0.840 bits per heavy atom. The second-order valence-electron chi connectivity index (χ2n) is 7.40. The molecule has 2 aromatic rings. The van der Waals surface area contributed by atoms with Crippen LogP contribution in [0.4, 0.5) is 0 Å². The molecule has 25 heavy (non-hydrogen) atoms. The van der Waals surface area contributed by atoms with Gasteiger partial charge >= 0.3 is 0 Å². The van der Waals surface area contributed by atoms with Crippen molar-refractivity contribution >= 4 is 50.6 Å². The molecule has 4 heteroatoms. The van der Waals surface area contributed by atoms with E-state index in [4.69, 9.17) is 4.43 Å². The molecule has 0 aliphatic rings. The normalized spacial score (nSPS) is 12.6. The van der Waals surface area contributed by atoms with Gasteiger partial charge in [0.2, 0.25) is 0 Å². The average molecular weight is 484 g/mol. The standard InChI is InChI=1S/C21H28Br2OSi/c1-21(2,3)25(18-12-6-4-7-13-18,19-14-8-5-9-15-19)24-17-11-10-16-20(22)23/h4-9,12-15,20H,10-11,16-17H2,1-3H3. The SMILES string of the molecule is CC(C)(C)[Si](OCCCCC(Br)Br)(c1ccccc1)c1ccccc1. The third kappa shape index (κ3) is 5.28. The lowest BCUT2D eigenvalue weighted by atomic mass is 10.2. The van der Waals surface area contributed by atoms with Crippen LogP contribution in [0, 0.1) is 0 Å². The molecule has 0 aliphatic heterocycles. The molecular formula is C21H28Br2OSi. The highest BCUT2D eigenvalue weighted by Crippen LogP contribution is 2.36. The monoisotopic (exact) mass is 482 g/mol. The zero-order valence-electron chi connectivity index (χ0n) is 15.3. The molecule has 2 rings (SSSR count). The molecule has 0 amide bonds.